The maximum atomic E-state index is 4.43. The van der Waals surface area contributed by atoms with Crippen LogP contribution in [0.2, 0.25) is 0 Å². The topological polar surface area (TPSA) is 77.5 Å². The van der Waals surface area contributed by atoms with Crippen LogP contribution in [-0.4, -0.2) is 48.4 Å². The van der Waals surface area contributed by atoms with E-state index < -0.39 is 0 Å². The first-order valence-corrected chi connectivity index (χ1v) is 6.90. The summed E-state index contributed by atoms with van der Waals surface area (Å²) in [7, 11) is 3.89. The summed E-state index contributed by atoms with van der Waals surface area (Å²) in [6.45, 7) is 3.58. The zero-order chi connectivity index (χ0) is 14.8. The fourth-order valence-corrected chi connectivity index (χ4v) is 2.27. The minimum Gasteiger partial charge on any atom is -0.361 e. The molecule has 8 nitrogen and oxygen atoms in total. The van der Waals surface area contributed by atoms with Crippen molar-refractivity contribution in [2.75, 3.05) is 19.0 Å². The summed E-state index contributed by atoms with van der Waals surface area (Å²) in [5, 5.41) is 4.24. The van der Waals surface area contributed by atoms with Crippen LogP contribution in [0.15, 0.2) is 19.0 Å². The van der Waals surface area contributed by atoms with Crippen molar-refractivity contribution in [1.82, 2.24) is 34.3 Å². The number of imidazole rings is 1. The van der Waals surface area contributed by atoms with Gasteiger partial charge in [-0.1, -0.05) is 6.92 Å². The number of hydrogen-bond acceptors (Lipinski definition) is 6. The van der Waals surface area contributed by atoms with Crippen LogP contribution in [0.25, 0.3) is 11.2 Å². The van der Waals surface area contributed by atoms with Crippen molar-refractivity contribution in [3.63, 3.8) is 0 Å². The fraction of sp³-hybridized carbons (Fsp3) is 0.462. The lowest BCUT2D eigenvalue weighted by atomic mass is 10.4. The van der Waals surface area contributed by atoms with Gasteiger partial charge in [-0.25, -0.2) is 24.6 Å². The van der Waals surface area contributed by atoms with Crippen LogP contribution < -0.4 is 4.90 Å². The molecule has 3 heterocycles. The first-order chi connectivity index (χ1) is 10.2. The smallest absolute Gasteiger partial charge is 0.165 e. The van der Waals surface area contributed by atoms with Crippen molar-refractivity contribution in [2.45, 2.75) is 26.4 Å². The van der Waals surface area contributed by atoms with Crippen molar-refractivity contribution in [3.8, 4) is 0 Å². The van der Waals surface area contributed by atoms with Gasteiger partial charge in [0.1, 0.15) is 18.5 Å². The van der Waals surface area contributed by atoms with E-state index >= 15 is 0 Å². The Morgan fingerprint density at radius 2 is 1.95 bits per heavy atom. The highest BCUT2D eigenvalue weighted by Gasteiger charge is 2.13. The third-order valence-corrected chi connectivity index (χ3v) is 3.25. The molecule has 0 unspecified atom stereocenters. The standard InChI is InChI=1S/C13H18N8/c1-4-5-21-10(14-8-18-21)6-20-9-17-11-12(19(2)3)15-7-16-13(11)20/h7-9H,4-6H2,1-3H3. The van der Waals surface area contributed by atoms with Gasteiger partial charge in [0.15, 0.2) is 17.0 Å². The minimum atomic E-state index is 0.598. The van der Waals surface area contributed by atoms with Crippen LogP contribution in [0.3, 0.4) is 0 Å². The number of fused-ring (bicyclic) bond motifs is 1. The van der Waals surface area contributed by atoms with E-state index in [1.807, 2.05) is 28.2 Å². The highest BCUT2D eigenvalue weighted by Crippen LogP contribution is 2.19. The summed E-state index contributed by atoms with van der Waals surface area (Å²) in [6.07, 6.45) is 5.95. The van der Waals surface area contributed by atoms with Crippen molar-refractivity contribution < 1.29 is 0 Å². The molecule has 0 aliphatic carbocycles. The number of anilines is 1. The van der Waals surface area contributed by atoms with Gasteiger partial charge in [0.05, 0.1) is 12.9 Å². The normalized spacial score (nSPS) is 11.2. The summed E-state index contributed by atoms with van der Waals surface area (Å²) in [4.78, 5) is 19.3. The van der Waals surface area contributed by atoms with Gasteiger partial charge in [0, 0.05) is 20.6 Å². The summed E-state index contributed by atoms with van der Waals surface area (Å²) < 4.78 is 3.89. The predicted octanol–water partition coefficient (Wildman–Crippen LogP) is 0.942. The van der Waals surface area contributed by atoms with E-state index in [1.54, 1.807) is 19.0 Å². The summed E-state index contributed by atoms with van der Waals surface area (Å²) in [5.41, 5.74) is 1.60. The molecule has 0 atom stereocenters. The summed E-state index contributed by atoms with van der Waals surface area (Å²) in [6, 6.07) is 0. The van der Waals surface area contributed by atoms with Crippen LogP contribution in [0.1, 0.15) is 19.2 Å². The van der Waals surface area contributed by atoms with Crippen LogP contribution >= 0.6 is 0 Å². The first kappa shape index (κ1) is 13.5. The fourth-order valence-electron chi connectivity index (χ4n) is 2.27. The summed E-state index contributed by atoms with van der Waals surface area (Å²) >= 11 is 0. The molecule has 3 aromatic heterocycles. The van der Waals surface area contributed by atoms with Gasteiger partial charge in [0.25, 0.3) is 0 Å². The van der Waals surface area contributed by atoms with Gasteiger partial charge < -0.3 is 9.47 Å². The molecule has 0 radical (unpaired) electrons. The molecule has 0 aliphatic rings. The van der Waals surface area contributed by atoms with Crippen LogP contribution in [0.4, 0.5) is 5.82 Å². The SMILES string of the molecule is CCCn1ncnc1Cn1cnc2c(N(C)C)ncnc21. The van der Waals surface area contributed by atoms with Crippen LogP contribution in [0.5, 0.6) is 0 Å². The lowest BCUT2D eigenvalue weighted by molar-refractivity contribution is 0.556. The third kappa shape index (κ3) is 2.44. The number of rotatable bonds is 5. The Bertz CT molecular complexity index is 742. The van der Waals surface area contributed by atoms with Crippen molar-refractivity contribution in [2.24, 2.45) is 0 Å². The second-order valence-electron chi connectivity index (χ2n) is 5.04. The zero-order valence-corrected chi connectivity index (χ0v) is 12.4. The average molecular weight is 286 g/mol. The minimum absolute atomic E-state index is 0.598. The Morgan fingerprint density at radius 1 is 1.10 bits per heavy atom. The molecule has 8 heteroatoms. The molecule has 0 spiro atoms. The average Bonchev–Trinajstić information content (AvgIpc) is 3.07. The van der Waals surface area contributed by atoms with E-state index in [0.717, 1.165) is 35.8 Å². The Morgan fingerprint density at radius 3 is 2.71 bits per heavy atom. The molecule has 110 valence electrons. The highest BCUT2D eigenvalue weighted by molar-refractivity contribution is 5.83. The maximum absolute atomic E-state index is 4.43. The molecule has 0 amide bonds. The van der Waals surface area contributed by atoms with E-state index in [9.17, 15) is 0 Å². The second kappa shape index (κ2) is 5.47. The van der Waals surface area contributed by atoms with E-state index in [0.29, 0.717) is 6.54 Å². The van der Waals surface area contributed by atoms with Gasteiger partial charge in [-0.05, 0) is 6.42 Å². The van der Waals surface area contributed by atoms with Crippen LogP contribution in [0, 0.1) is 0 Å². The van der Waals surface area contributed by atoms with Crippen molar-refractivity contribution in [3.05, 3.63) is 24.8 Å². The van der Waals surface area contributed by atoms with Crippen LogP contribution in [-0.2, 0) is 13.1 Å². The van der Waals surface area contributed by atoms with Gasteiger partial charge >= 0.3 is 0 Å². The van der Waals surface area contributed by atoms with Gasteiger partial charge in [0.2, 0.25) is 0 Å². The van der Waals surface area contributed by atoms with Gasteiger partial charge in [-0.2, -0.15) is 5.10 Å². The maximum Gasteiger partial charge on any atom is 0.165 e. The van der Waals surface area contributed by atoms with Gasteiger partial charge in [-0.3, -0.25) is 0 Å². The molecule has 0 saturated heterocycles. The largest absolute Gasteiger partial charge is 0.361 e. The molecule has 0 fully saturated rings. The molecular weight excluding hydrogens is 268 g/mol. The Labute approximate surface area is 122 Å². The van der Waals surface area contributed by atoms with E-state index in [1.165, 1.54) is 0 Å². The van der Waals surface area contributed by atoms with E-state index in [4.69, 9.17) is 0 Å². The van der Waals surface area contributed by atoms with Crippen molar-refractivity contribution in [1.29, 1.82) is 0 Å². The van der Waals surface area contributed by atoms with E-state index in [2.05, 4.69) is 32.0 Å². The Hall–Kier alpha value is -2.51. The lowest BCUT2D eigenvalue weighted by Gasteiger charge is -2.11. The molecule has 0 N–H and O–H groups in total. The molecule has 0 bridgehead atoms. The summed E-state index contributed by atoms with van der Waals surface area (Å²) in [5.74, 6) is 1.72. The quantitative estimate of drug-likeness (QED) is 0.694. The molecule has 0 aliphatic heterocycles. The van der Waals surface area contributed by atoms with Crippen molar-refractivity contribution >= 4 is 17.0 Å². The number of aryl methyl sites for hydroxylation is 1. The molecule has 3 aromatic rings. The zero-order valence-electron chi connectivity index (χ0n) is 12.4. The number of aromatic nitrogens is 7. The lowest BCUT2D eigenvalue weighted by Crippen LogP contribution is -2.12. The highest BCUT2D eigenvalue weighted by atomic mass is 15.3. The number of hydrogen-bond donors (Lipinski definition) is 0. The number of nitrogens with zero attached hydrogens (tertiary/aromatic N) is 8. The van der Waals surface area contributed by atoms with Gasteiger partial charge in [-0.15, -0.1) is 0 Å². The predicted molar refractivity (Wildman–Crippen MR) is 79.1 cm³/mol. The van der Waals surface area contributed by atoms with E-state index in [-0.39, 0.29) is 0 Å². The molecule has 21 heavy (non-hydrogen) atoms. The Balaban J connectivity index is 1.98. The molecule has 0 saturated carbocycles. The molecular formula is C13H18N8. The Kier molecular flexibility index (Phi) is 3.51. The third-order valence-electron chi connectivity index (χ3n) is 3.25. The molecule has 0 aromatic carbocycles. The first-order valence-electron chi connectivity index (χ1n) is 6.90. The second-order valence-corrected chi connectivity index (χ2v) is 5.04. The monoisotopic (exact) mass is 286 g/mol. The molecule has 3 rings (SSSR count).